The van der Waals surface area contributed by atoms with Crippen molar-refractivity contribution >= 4 is 0 Å². The number of aromatic nitrogens is 2. The molecule has 1 aromatic rings. The first kappa shape index (κ1) is 13.6. The standard InChI is InChI=1S/C15H27N3/c1-5-12-10-14(18(4)17-12)11-15(2,3)8-9-16-13-6-7-13/h10,13,16H,5-9,11H2,1-4H3. The van der Waals surface area contributed by atoms with E-state index in [1.54, 1.807) is 0 Å². The minimum absolute atomic E-state index is 0.348. The van der Waals surface area contributed by atoms with Gasteiger partial charge in [0, 0.05) is 18.8 Å². The van der Waals surface area contributed by atoms with E-state index in [2.05, 4.69) is 49.0 Å². The molecule has 0 amide bonds. The topological polar surface area (TPSA) is 29.9 Å². The first-order valence-electron chi connectivity index (χ1n) is 7.25. The van der Waals surface area contributed by atoms with E-state index >= 15 is 0 Å². The van der Waals surface area contributed by atoms with E-state index in [0.717, 1.165) is 25.4 Å². The van der Waals surface area contributed by atoms with E-state index < -0.39 is 0 Å². The maximum atomic E-state index is 4.53. The zero-order chi connectivity index (χ0) is 13.2. The molecule has 0 unspecified atom stereocenters. The molecule has 0 aromatic carbocycles. The Hall–Kier alpha value is -0.830. The van der Waals surface area contributed by atoms with Gasteiger partial charge >= 0.3 is 0 Å². The van der Waals surface area contributed by atoms with Gasteiger partial charge in [-0.3, -0.25) is 4.68 Å². The number of hydrogen-bond acceptors (Lipinski definition) is 2. The summed E-state index contributed by atoms with van der Waals surface area (Å²) in [6.07, 6.45) is 6.13. The summed E-state index contributed by atoms with van der Waals surface area (Å²) in [5, 5.41) is 8.14. The van der Waals surface area contributed by atoms with Gasteiger partial charge < -0.3 is 5.32 Å². The Kier molecular flexibility index (Phi) is 4.10. The Morgan fingerprint density at radius 1 is 1.44 bits per heavy atom. The first-order chi connectivity index (χ1) is 8.50. The van der Waals surface area contributed by atoms with Crippen LogP contribution >= 0.6 is 0 Å². The lowest BCUT2D eigenvalue weighted by Gasteiger charge is -2.24. The molecule has 0 atom stereocenters. The summed E-state index contributed by atoms with van der Waals surface area (Å²) in [5.74, 6) is 0. The molecule has 0 aliphatic heterocycles. The third kappa shape index (κ3) is 3.84. The lowest BCUT2D eigenvalue weighted by Crippen LogP contribution is -2.26. The van der Waals surface area contributed by atoms with E-state index in [4.69, 9.17) is 0 Å². The van der Waals surface area contributed by atoms with Gasteiger partial charge in [0.05, 0.1) is 5.69 Å². The Morgan fingerprint density at radius 3 is 2.72 bits per heavy atom. The number of hydrogen-bond donors (Lipinski definition) is 1. The number of aryl methyl sites for hydroxylation is 2. The van der Waals surface area contributed by atoms with Gasteiger partial charge in [0.25, 0.3) is 0 Å². The Bertz CT molecular complexity index is 388. The SMILES string of the molecule is CCc1cc(CC(C)(C)CCNC2CC2)n(C)n1. The highest BCUT2D eigenvalue weighted by Crippen LogP contribution is 2.27. The van der Waals surface area contributed by atoms with E-state index in [0.29, 0.717) is 5.41 Å². The largest absolute Gasteiger partial charge is 0.314 e. The van der Waals surface area contributed by atoms with Crippen molar-refractivity contribution in [1.29, 1.82) is 0 Å². The van der Waals surface area contributed by atoms with Crippen molar-refractivity contribution < 1.29 is 0 Å². The highest BCUT2D eigenvalue weighted by molar-refractivity contribution is 5.11. The summed E-state index contributed by atoms with van der Waals surface area (Å²) in [6.45, 7) is 8.04. The van der Waals surface area contributed by atoms with Gasteiger partial charge in [0.1, 0.15) is 0 Å². The Morgan fingerprint density at radius 2 is 2.17 bits per heavy atom. The Labute approximate surface area is 111 Å². The van der Waals surface area contributed by atoms with Crippen molar-refractivity contribution in [2.45, 2.75) is 58.9 Å². The molecule has 1 N–H and O–H groups in total. The molecule has 3 heteroatoms. The molecule has 0 radical (unpaired) electrons. The second kappa shape index (κ2) is 5.43. The highest BCUT2D eigenvalue weighted by atomic mass is 15.3. The molecular formula is C15H27N3. The molecule has 0 bridgehead atoms. The van der Waals surface area contributed by atoms with E-state index in [9.17, 15) is 0 Å². The molecule has 1 saturated carbocycles. The maximum Gasteiger partial charge on any atom is 0.0624 e. The number of nitrogens with zero attached hydrogens (tertiary/aromatic N) is 2. The summed E-state index contributed by atoms with van der Waals surface area (Å²) < 4.78 is 2.05. The predicted octanol–water partition coefficient (Wildman–Crippen LogP) is 2.69. The van der Waals surface area contributed by atoms with Crippen LogP contribution in [0.1, 0.15) is 51.4 Å². The minimum atomic E-state index is 0.348. The minimum Gasteiger partial charge on any atom is -0.314 e. The molecular weight excluding hydrogens is 222 g/mol. The smallest absolute Gasteiger partial charge is 0.0624 e. The lowest BCUT2D eigenvalue weighted by atomic mass is 9.84. The van der Waals surface area contributed by atoms with E-state index in [1.165, 1.54) is 30.7 Å². The summed E-state index contributed by atoms with van der Waals surface area (Å²) in [5.41, 5.74) is 2.92. The van der Waals surface area contributed by atoms with Crippen LogP contribution in [0.4, 0.5) is 0 Å². The maximum absolute atomic E-state index is 4.53. The molecule has 1 heterocycles. The van der Waals surface area contributed by atoms with Crippen molar-refractivity contribution in [3.8, 4) is 0 Å². The van der Waals surface area contributed by atoms with Crippen molar-refractivity contribution in [3.05, 3.63) is 17.5 Å². The Balaban J connectivity index is 1.86. The van der Waals surface area contributed by atoms with Gasteiger partial charge in [-0.2, -0.15) is 5.10 Å². The fourth-order valence-electron chi connectivity index (χ4n) is 2.39. The average molecular weight is 249 g/mol. The third-order valence-corrected chi connectivity index (χ3v) is 3.86. The van der Waals surface area contributed by atoms with Crippen molar-refractivity contribution in [2.75, 3.05) is 6.54 Å². The molecule has 3 nitrogen and oxygen atoms in total. The molecule has 1 fully saturated rings. The molecule has 18 heavy (non-hydrogen) atoms. The summed E-state index contributed by atoms with van der Waals surface area (Å²) in [6, 6.07) is 3.08. The monoisotopic (exact) mass is 249 g/mol. The average Bonchev–Trinajstić information content (AvgIpc) is 3.04. The molecule has 1 aliphatic carbocycles. The zero-order valence-corrected chi connectivity index (χ0v) is 12.3. The van der Waals surface area contributed by atoms with Crippen molar-refractivity contribution in [3.63, 3.8) is 0 Å². The molecule has 0 spiro atoms. The van der Waals surface area contributed by atoms with Gasteiger partial charge in [-0.1, -0.05) is 20.8 Å². The first-order valence-corrected chi connectivity index (χ1v) is 7.25. The van der Waals surface area contributed by atoms with Crippen LogP contribution in [0.2, 0.25) is 0 Å². The second-order valence-electron chi connectivity index (χ2n) is 6.42. The van der Waals surface area contributed by atoms with Gasteiger partial charge in [0.2, 0.25) is 0 Å². The predicted molar refractivity (Wildman–Crippen MR) is 75.7 cm³/mol. The van der Waals surface area contributed by atoms with Crippen LogP contribution in [0.5, 0.6) is 0 Å². The van der Waals surface area contributed by atoms with Gasteiger partial charge in [-0.15, -0.1) is 0 Å². The lowest BCUT2D eigenvalue weighted by molar-refractivity contribution is 0.317. The molecule has 2 rings (SSSR count). The van der Waals surface area contributed by atoms with Crippen LogP contribution in [0.25, 0.3) is 0 Å². The van der Waals surface area contributed by atoms with Crippen molar-refractivity contribution in [2.24, 2.45) is 12.5 Å². The van der Waals surface area contributed by atoms with E-state index in [-0.39, 0.29) is 0 Å². The molecule has 102 valence electrons. The fraction of sp³-hybridized carbons (Fsp3) is 0.800. The quantitative estimate of drug-likeness (QED) is 0.805. The van der Waals surface area contributed by atoms with Crippen molar-refractivity contribution in [1.82, 2.24) is 15.1 Å². The summed E-state index contributed by atoms with van der Waals surface area (Å²) in [7, 11) is 2.06. The van der Waals surface area contributed by atoms with Crippen LogP contribution < -0.4 is 5.32 Å². The third-order valence-electron chi connectivity index (χ3n) is 3.86. The normalized spacial score (nSPS) is 16.2. The van der Waals surface area contributed by atoms with Gasteiger partial charge in [-0.05, 0) is 50.1 Å². The van der Waals surface area contributed by atoms with Gasteiger partial charge in [0.15, 0.2) is 0 Å². The van der Waals surface area contributed by atoms with Crippen LogP contribution in [-0.2, 0) is 19.9 Å². The highest BCUT2D eigenvalue weighted by Gasteiger charge is 2.24. The zero-order valence-electron chi connectivity index (χ0n) is 12.3. The second-order valence-corrected chi connectivity index (χ2v) is 6.42. The van der Waals surface area contributed by atoms with Gasteiger partial charge in [-0.25, -0.2) is 0 Å². The van der Waals surface area contributed by atoms with Crippen LogP contribution in [-0.4, -0.2) is 22.4 Å². The van der Waals surface area contributed by atoms with Crippen LogP contribution in [0.3, 0.4) is 0 Å². The molecule has 0 saturated heterocycles. The van der Waals surface area contributed by atoms with Crippen LogP contribution in [0.15, 0.2) is 6.07 Å². The summed E-state index contributed by atoms with van der Waals surface area (Å²) in [4.78, 5) is 0. The fourth-order valence-corrected chi connectivity index (χ4v) is 2.39. The molecule has 1 aliphatic rings. The van der Waals surface area contributed by atoms with Crippen LogP contribution in [0, 0.1) is 5.41 Å². The number of nitrogens with one attached hydrogen (secondary N) is 1. The van der Waals surface area contributed by atoms with E-state index in [1.807, 2.05) is 0 Å². The molecule has 1 aromatic heterocycles. The summed E-state index contributed by atoms with van der Waals surface area (Å²) >= 11 is 0. The number of rotatable bonds is 7.